The molecule has 1 unspecified atom stereocenters. The molecule has 0 aliphatic carbocycles. The lowest BCUT2D eigenvalue weighted by molar-refractivity contribution is -0.126. The molecule has 0 rings (SSSR count). The minimum absolute atomic E-state index is 0.0961. The van der Waals surface area contributed by atoms with Crippen LogP contribution in [0.1, 0.15) is 25.7 Å². The van der Waals surface area contributed by atoms with Crippen LogP contribution in [0, 0.1) is 0 Å². The monoisotopic (exact) mass is 175 g/mol. The van der Waals surface area contributed by atoms with E-state index in [0.717, 1.165) is 19.3 Å². The molecule has 0 spiro atoms. The quantitative estimate of drug-likeness (QED) is 0.452. The first kappa shape index (κ1) is 11.6. The highest BCUT2D eigenvalue weighted by Gasteiger charge is 2.11. The molecule has 0 aromatic rings. The lowest BCUT2D eigenvalue weighted by Gasteiger charge is -2.06. The van der Waals surface area contributed by atoms with Crippen LogP contribution in [-0.2, 0) is 4.79 Å². The van der Waals surface area contributed by atoms with Gasteiger partial charge in [-0.3, -0.25) is 4.79 Å². The third-order valence-electron chi connectivity index (χ3n) is 1.71. The molecule has 0 aromatic carbocycles. The van der Waals surface area contributed by atoms with Gasteiger partial charge in [-0.15, -0.1) is 0 Å². The van der Waals surface area contributed by atoms with E-state index in [9.17, 15) is 4.79 Å². The molecule has 72 valence electrons. The molecule has 4 N–H and O–H groups in total. The normalized spacial score (nSPS) is 12.9. The second-order valence-corrected chi connectivity index (χ2v) is 2.76. The molecule has 4 heteroatoms. The molecule has 0 fully saturated rings. The number of ketones is 1. The highest BCUT2D eigenvalue weighted by Crippen LogP contribution is 2.03. The maximum atomic E-state index is 10.8. The summed E-state index contributed by atoms with van der Waals surface area (Å²) < 4.78 is 0. The number of aliphatic hydroxyl groups excluding tert-OH is 2. The molecule has 0 radical (unpaired) electrons. The van der Waals surface area contributed by atoms with Crippen molar-refractivity contribution in [2.24, 2.45) is 5.73 Å². The summed E-state index contributed by atoms with van der Waals surface area (Å²) in [6.45, 7) is 0.0715. The summed E-state index contributed by atoms with van der Waals surface area (Å²) in [7, 11) is 0. The van der Waals surface area contributed by atoms with Crippen LogP contribution in [0.25, 0.3) is 0 Å². The van der Waals surface area contributed by atoms with E-state index in [1.165, 1.54) is 0 Å². The number of carbonyl (C=O) groups excluding carboxylic acids is 1. The Hall–Kier alpha value is -0.450. The van der Waals surface area contributed by atoms with Gasteiger partial charge in [0.1, 0.15) is 6.10 Å². The Morgan fingerprint density at radius 1 is 1.33 bits per heavy atom. The molecular formula is C8H17NO3. The molecule has 0 bridgehead atoms. The van der Waals surface area contributed by atoms with E-state index in [-0.39, 0.29) is 18.9 Å². The van der Waals surface area contributed by atoms with Crippen molar-refractivity contribution in [2.75, 3.05) is 13.2 Å². The number of aliphatic hydroxyl groups is 2. The molecule has 0 heterocycles. The van der Waals surface area contributed by atoms with Crippen LogP contribution in [0.4, 0.5) is 0 Å². The maximum Gasteiger partial charge on any atom is 0.174 e. The Balaban J connectivity index is 3.31. The predicted molar refractivity (Wildman–Crippen MR) is 45.6 cm³/mol. The number of hydrogen-bond acceptors (Lipinski definition) is 4. The zero-order valence-electron chi connectivity index (χ0n) is 7.20. The first-order chi connectivity index (χ1) is 5.72. The second-order valence-electron chi connectivity index (χ2n) is 2.76. The second kappa shape index (κ2) is 7.21. The van der Waals surface area contributed by atoms with Gasteiger partial charge < -0.3 is 15.9 Å². The van der Waals surface area contributed by atoms with Gasteiger partial charge in [-0.2, -0.15) is 0 Å². The third-order valence-corrected chi connectivity index (χ3v) is 1.71. The maximum absolute atomic E-state index is 10.8. The van der Waals surface area contributed by atoms with Crippen LogP contribution in [-0.4, -0.2) is 35.3 Å². The van der Waals surface area contributed by atoms with Crippen molar-refractivity contribution in [3.63, 3.8) is 0 Å². The molecule has 1 atom stereocenters. The van der Waals surface area contributed by atoms with Gasteiger partial charge in [0.2, 0.25) is 0 Å². The number of carbonyl (C=O) groups is 1. The van der Waals surface area contributed by atoms with Crippen molar-refractivity contribution in [3.05, 3.63) is 0 Å². The van der Waals surface area contributed by atoms with Gasteiger partial charge in [-0.1, -0.05) is 12.8 Å². The van der Waals surface area contributed by atoms with Gasteiger partial charge in [-0.25, -0.2) is 0 Å². The van der Waals surface area contributed by atoms with Crippen LogP contribution in [0.5, 0.6) is 0 Å². The van der Waals surface area contributed by atoms with Gasteiger partial charge >= 0.3 is 0 Å². The number of Topliss-reactive ketones (excluding diaryl/α,β-unsaturated/α-hetero) is 1. The van der Waals surface area contributed by atoms with E-state index in [4.69, 9.17) is 15.9 Å². The minimum Gasteiger partial charge on any atom is -0.396 e. The minimum atomic E-state index is -0.909. The molecule has 0 saturated carbocycles. The summed E-state index contributed by atoms with van der Waals surface area (Å²) in [5.74, 6) is -0.306. The van der Waals surface area contributed by atoms with Crippen LogP contribution >= 0.6 is 0 Å². The largest absolute Gasteiger partial charge is 0.396 e. The summed E-state index contributed by atoms with van der Waals surface area (Å²) in [5.41, 5.74) is 5.05. The number of unbranched alkanes of at least 4 members (excludes halogenated alkanes) is 2. The topological polar surface area (TPSA) is 83.6 Å². The highest BCUT2D eigenvalue weighted by molar-refractivity contribution is 5.84. The summed E-state index contributed by atoms with van der Waals surface area (Å²) in [6.07, 6.45) is 1.87. The van der Waals surface area contributed by atoms with Gasteiger partial charge in [0.15, 0.2) is 5.78 Å². The fourth-order valence-electron chi connectivity index (χ4n) is 0.923. The predicted octanol–water partition coefficient (Wildman–Crippen LogP) is -0.572. The Labute approximate surface area is 72.4 Å². The summed E-state index contributed by atoms with van der Waals surface area (Å²) in [5, 5.41) is 17.6. The zero-order valence-corrected chi connectivity index (χ0v) is 7.20. The lowest BCUT2D eigenvalue weighted by Crippen LogP contribution is -2.27. The Morgan fingerprint density at radius 3 is 2.50 bits per heavy atom. The molecule has 0 amide bonds. The standard InChI is InChI=1S/C8H17NO3/c9-6-8(12)7(11)4-2-1-3-5-10/h7,10-11H,1-6,9H2. The van der Waals surface area contributed by atoms with Crippen LogP contribution in [0.3, 0.4) is 0 Å². The van der Waals surface area contributed by atoms with Crippen molar-refractivity contribution >= 4 is 5.78 Å². The van der Waals surface area contributed by atoms with Gasteiger partial charge in [0.05, 0.1) is 6.54 Å². The van der Waals surface area contributed by atoms with Gasteiger partial charge in [-0.05, 0) is 12.8 Å². The summed E-state index contributed by atoms with van der Waals surface area (Å²) in [4.78, 5) is 10.8. The van der Waals surface area contributed by atoms with Crippen molar-refractivity contribution in [3.8, 4) is 0 Å². The Kier molecular flexibility index (Phi) is 6.94. The Morgan fingerprint density at radius 2 is 2.00 bits per heavy atom. The third kappa shape index (κ3) is 5.23. The molecular weight excluding hydrogens is 158 g/mol. The van der Waals surface area contributed by atoms with E-state index in [2.05, 4.69) is 0 Å². The van der Waals surface area contributed by atoms with Gasteiger partial charge in [0, 0.05) is 6.61 Å². The van der Waals surface area contributed by atoms with E-state index < -0.39 is 6.10 Å². The molecule has 0 aliphatic rings. The molecule has 0 aromatic heterocycles. The number of hydrogen-bond donors (Lipinski definition) is 3. The number of rotatable bonds is 7. The van der Waals surface area contributed by atoms with Crippen molar-refractivity contribution in [1.82, 2.24) is 0 Å². The van der Waals surface area contributed by atoms with E-state index >= 15 is 0 Å². The number of nitrogens with two attached hydrogens (primary N) is 1. The zero-order chi connectivity index (χ0) is 9.40. The van der Waals surface area contributed by atoms with Gasteiger partial charge in [0.25, 0.3) is 0 Å². The van der Waals surface area contributed by atoms with Crippen molar-refractivity contribution in [1.29, 1.82) is 0 Å². The molecule has 0 saturated heterocycles. The fourth-order valence-corrected chi connectivity index (χ4v) is 0.923. The lowest BCUT2D eigenvalue weighted by atomic mass is 10.1. The molecule has 0 aliphatic heterocycles. The summed E-state index contributed by atoms with van der Waals surface area (Å²) in [6, 6.07) is 0. The highest BCUT2D eigenvalue weighted by atomic mass is 16.3. The van der Waals surface area contributed by atoms with Crippen molar-refractivity contribution in [2.45, 2.75) is 31.8 Å². The molecule has 4 nitrogen and oxygen atoms in total. The molecule has 12 heavy (non-hydrogen) atoms. The smallest absolute Gasteiger partial charge is 0.174 e. The van der Waals surface area contributed by atoms with Crippen LogP contribution < -0.4 is 5.73 Å². The van der Waals surface area contributed by atoms with E-state index in [1.54, 1.807) is 0 Å². The van der Waals surface area contributed by atoms with E-state index in [1.807, 2.05) is 0 Å². The van der Waals surface area contributed by atoms with Crippen LogP contribution in [0.2, 0.25) is 0 Å². The summed E-state index contributed by atoms with van der Waals surface area (Å²) >= 11 is 0. The first-order valence-electron chi connectivity index (χ1n) is 4.24. The average molecular weight is 175 g/mol. The van der Waals surface area contributed by atoms with Crippen LogP contribution in [0.15, 0.2) is 0 Å². The first-order valence-corrected chi connectivity index (χ1v) is 4.24. The van der Waals surface area contributed by atoms with E-state index in [0.29, 0.717) is 6.42 Å². The van der Waals surface area contributed by atoms with Crippen molar-refractivity contribution < 1.29 is 15.0 Å². The fraction of sp³-hybridized carbons (Fsp3) is 0.875. The Bertz CT molecular complexity index is 127. The SMILES string of the molecule is NCC(=O)C(O)CCCCCO. The average Bonchev–Trinajstić information content (AvgIpc) is 2.10.